The van der Waals surface area contributed by atoms with Crippen molar-refractivity contribution in [2.45, 2.75) is 25.9 Å². The minimum absolute atomic E-state index is 0.0939. The van der Waals surface area contributed by atoms with Gasteiger partial charge in [0, 0.05) is 18.7 Å². The molecule has 2 amide bonds. The predicted molar refractivity (Wildman–Crippen MR) is 96.3 cm³/mol. The molecule has 0 radical (unpaired) electrons. The average Bonchev–Trinajstić information content (AvgIpc) is 3.16. The molecule has 1 heterocycles. The highest BCUT2D eigenvalue weighted by Gasteiger charge is 2.19. The van der Waals surface area contributed by atoms with Crippen LogP contribution in [-0.2, 0) is 4.79 Å². The quantitative estimate of drug-likeness (QED) is 0.911. The molecule has 0 saturated carbocycles. The predicted octanol–water partition coefficient (Wildman–Crippen LogP) is 2.84. The molecule has 130 valence electrons. The zero-order valence-corrected chi connectivity index (χ0v) is 14.3. The zero-order chi connectivity index (χ0) is 17.8. The third kappa shape index (κ3) is 3.99. The van der Waals surface area contributed by atoms with Crippen LogP contribution in [0.15, 0.2) is 48.5 Å². The number of hydrogen-bond acceptors (Lipinski definition) is 3. The lowest BCUT2D eigenvalue weighted by atomic mass is 10.0. The van der Waals surface area contributed by atoms with E-state index in [0.29, 0.717) is 11.3 Å². The van der Waals surface area contributed by atoms with Crippen molar-refractivity contribution in [2.75, 3.05) is 13.1 Å². The Bertz CT molecular complexity index is 765. The molecule has 2 aromatic rings. The third-order valence-electron chi connectivity index (χ3n) is 4.41. The molecule has 0 spiro atoms. The molecule has 3 rings (SSSR count). The summed E-state index contributed by atoms with van der Waals surface area (Å²) < 4.78 is 5.53. The summed E-state index contributed by atoms with van der Waals surface area (Å²) >= 11 is 0. The molecule has 1 aliphatic rings. The van der Waals surface area contributed by atoms with Gasteiger partial charge in [-0.15, -0.1) is 0 Å². The van der Waals surface area contributed by atoms with Crippen LogP contribution in [0.5, 0.6) is 5.75 Å². The Kier molecular flexibility index (Phi) is 5.03. The summed E-state index contributed by atoms with van der Waals surface area (Å²) in [6.45, 7) is 3.31. The van der Waals surface area contributed by atoms with Crippen molar-refractivity contribution in [2.24, 2.45) is 5.73 Å². The molecule has 1 aliphatic heterocycles. The Labute approximate surface area is 147 Å². The van der Waals surface area contributed by atoms with E-state index in [-0.39, 0.29) is 5.91 Å². The van der Waals surface area contributed by atoms with Crippen LogP contribution in [0.1, 0.15) is 30.1 Å². The number of ether oxygens (including phenoxy) is 1. The van der Waals surface area contributed by atoms with Crippen molar-refractivity contribution < 1.29 is 14.3 Å². The van der Waals surface area contributed by atoms with Gasteiger partial charge in [-0.3, -0.25) is 9.59 Å². The van der Waals surface area contributed by atoms with Gasteiger partial charge in [0.15, 0.2) is 6.10 Å². The van der Waals surface area contributed by atoms with E-state index in [0.717, 1.165) is 37.1 Å². The van der Waals surface area contributed by atoms with Gasteiger partial charge in [-0.05, 0) is 55.2 Å². The number of amides is 2. The first kappa shape index (κ1) is 17.0. The summed E-state index contributed by atoms with van der Waals surface area (Å²) in [6, 6.07) is 15.0. The molecule has 1 atom stereocenters. The lowest BCUT2D eigenvalue weighted by molar-refractivity contribution is -0.123. The summed E-state index contributed by atoms with van der Waals surface area (Å²) in [5.74, 6) is 0.174. The summed E-state index contributed by atoms with van der Waals surface area (Å²) in [5.41, 5.74) is 7.87. The van der Waals surface area contributed by atoms with Crippen LogP contribution in [0, 0.1) is 0 Å². The topological polar surface area (TPSA) is 72.6 Å². The Morgan fingerprint density at radius 3 is 2.36 bits per heavy atom. The SMILES string of the molecule is C[C@H](Oc1cccc(-c2ccc(C(=O)N3CCCC3)cc2)c1)C(N)=O. The number of nitrogens with two attached hydrogens (primary N) is 1. The zero-order valence-electron chi connectivity index (χ0n) is 14.3. The maximum absolute atomic E-state index is 12.4. The van der Waals surface area contributed by atoms with Gasteiger partial charge in [-0.1, -0.05) is 24.3 Å². The first-order valence-corrected chi connectivity index (χ1v) is 8.50. The van der Waals surface area contributed by atoms with Crippen LogP contribution in [-0.4, -0.2) is 35.9 Å². The van der Waals surface area contributed by atoms with Gasteiger partial charge < -0.3 is 15.4 Å². The van der Waals surface area contributed by atoms with E-state index in [1.807, 2.05) is 47.4 Å². The molecular weight excluding hydrogens is 316 g/mol. The monoisotopic (exact) mass is 338 g/mol. The van der Waals surface area contributed by atoms with Crippen molar-refractivity contribution in [1.29, 1.82) is 0 Å². The maximum Gasteiger partial charge on any atom is 0.258 e. The second kappa shape index (κ2) is 7.38. The molecule has 1 saturated heterocycles. The van der Waals surface area contributed by atoms with E-state index in [1.165, 1.54) is 0 Å². The van der Waals surface area contributed by atoms with Gasteiger partial charge in [0.1, 0.15) is 5.75 Å². The van der Waals surface area contributed by atoms with Crippen LogP contribution in [0.25, 0.3) is 11.1 Å². The Hall–Kier alpha value is -2.82. The van der Waals surface area contributed by atoms with Gasteiger partial charge in [0.25, 0.3) is 11.8 Å². The van der Waals surface area contributed by atoms with Crippen molar-refractivity contribution in [1.82, 2.24) is 4.90 Å². The first-order valence-electron chi connectivity index (χ1n) is 8.50. The Morgan fingerprint density at radius 1 is 1.04 bits per heavy atom. The Morgan fingerprint density at radius 2 is 1.72 bits per heavy atom. The Balaban J connectivity index is 1.75. The number of primary amides is 1. The van der Waals surface area contributed by atoms with Crippen molar-refractivity contribution in [3.63, 3.8) is 0 Å². The van der Waals surface area contributed by atoms with Crippen LogP contribution >= 0.6 is 0 Å². The van der Waals surface area contributed by atoms with Gasteiger partial charge in [-0.25, -0.2) is 0 Å². The molecule has 25 heavy (non-hydrogen) atoms. The van der Waals surface area contributed by atoms with Gasteiger partial charge in [0.05, 0.1) is 0 Å². The molecular formula is C20H22N2O3. The summed E-state index contributed by atoms with van der Waals surface area (Å²) in [4.78, 5) is 25.4. The van der Waals surface area contributed by atoms with Crippen molar-refractivity contribution in [3.8, 4) is 16.9 Å². The van der Waals surface area contributed by atoms with Crippen molar-refractivity contribution in [3.05, 3.63) is 54.1 Å². The van der Waals surface area contributed by atoms with E-state index >= 15 is 0 Å². The van der Waals surface area contributed by atoms with E-state index in [4.69, 9.17) is 10.5 Å². The van der Waals surface area contributed by atoms with Gasteiger partial charge in [0.2, 0.25) is 0 Å². The molecule has 2 N–H and O–H groups in total. The minimum Gasteiger partial charge on any atom is -0.481 e. The third-order valence-corrected chi connectivity index (χ3v) is 4.41. The largest absolute Gasteiger partial charge is 0.481 e. The van der Waals surface area contributed by atoms with E-state index in [2.05, 4.69) is 0 Å². The number of rotatable bonds is 5. The van der Waals surface area contributed by atoms with E-state index in [9.17, 15) is 9.59 Å². The number of hydrogen-bond donors (Lipinski definition) is 1. The molecule has 5 heteroatoms. The average molecular weight is 338 g/mol. The van der Waals surface area contributed by atoms with E-state index in [1.54, 1.807) is 13.0 Å². The van der Waals surface area contributed by atoms with Crippen LogP contribution in [0.3, 0.4) is 0 Å². The highest BCUT2D eigenvalue weighted by atomic mass is 16.5. The second-order valence-corrected chi connectivity index (χ2v) is 6.27. The summed E-state index contributed by atoms with van der Waals surface area (Å²) in [5, 5.41) is 0. The van der Waals surface area contributed by atoms with Gasteiger partial charge in [-0.2, -0.15) is 0 Å². The molecule has 0 aromatic heterocycles. The maximum atomic E-state index is 12.4. The fourth-order valence-corrected chi connectivity index (χ4v) is 2.92. The molecule has 5 nitrogen and oxygen atoms in total. The van der Waals surface area contributed by atoms with Crippen molar-refractivity contribution >= 4 is 11.8 Å². The molecule has 2 aromatic carbocycles. The molecule has 1 fully saturated rings. The fraction of sp³-hybridized carbons (Fsp3) is 0.300. The number of carbonyl (C=O) groups is 2. The van der Waals surface area contributed by atoms with Gasteiger partial charge >= 0.3 is 0 Å². The van der Waals surface area contributed by atoms with Crippen LogP contribution < -0.4 is 10.5 Å². The van der Waals surface area contributed by atoms with E-state index < -0.39 is 12.0 Å². The van der Waals surface area contributed by atoms with Crippen LogP contribution in [0.2, 0.25) is 0 Å². The highest BCUT2D eigenvalue weighted by molar-refractivity contribution is 5.94. The lowest BCUT2D eigenvalue weighted by Gasteiger charge is -2.15. The number of nitrogens with zero attached hydrogens (tertiary/aromatic N) is 1. The molecule has 0 bridgehead atoms. The molecule has 0 aliphatic carbocycles. The smallest absolute Gasteiger partial charge is 0.258 e. The molecule has 0 unspecified atom stereocenters. The van der Waals surface area contributed by atoms with Crippen LogP contribution in [0.4, 0.5) is 0 Å². The summed E-state index contributed by atoms with van der Waals surface area (Å²) in [7, 11) is 0. The standard InChI is InChI=1S/C20H22N2O3/c1-14(19(21)23)25-18-6-4-5-17(13-18)15-7-9-16(10-8-15)20(24)22-11-2-3-12-22/h4-10,13-14H,2-3,11-12H2,1H3,(H2,21,23)/t14-/m0/s1. The number of carbonyl (C=O) groups excluding carboxylic acids is 2. The number of likely N-dealkylation sites (tertiary alicyclic amines) is 1. The summed E-state index contributed by atoms with van der Waals surface area (Å²) in [6.07, 6.45) is 1.48. The number of benzene rings is 2. The lowest BCUT2D eigenvalue weighted by Crippen LogP contribution is -2.30. The minimum atomic E-state index is -0.685. The first-order chi connectivity index (χ1) is 12.0. The second-order valence-electron chi connectivity index (χ2n) is 6.27. The normalized spacial score (nSPS) is 15.0. The highest BCUT2D eigenvalue weighted by Crippen LogP contribution is 2.25. The fourth-order valence-electron chi connectivity index (χ4n) is 2.92.